The second-order valence-corrected chi connectivity index (χ2v) is 6.72. The third-order valence-electron chi connectivity index (χ3n) is 4.87. The van der Waals surface area contributed by atoms with Gasteiger partial charge in [0, 0.05) is 11.1 Å². The Morgan fingerprint density at radius 1 is 1.12 bits per heavy atom. The fraction of sp³-hybridized carbons (Fsp3) is 0.375. The van der Waals surface area contributed by atoms with Crippen LogP contribution in [0.25, 0.3) is 0 Å². The number of benzene rings is 2. The zero-order valence-corrected chi connectivity index (χ0v) is 15.7. The zero-order valence-electron chi connectivity index (χ0n) is 15.7. The molecule has 0 unspecified atom stereocenters. The third kappa shape index (κ3) is 3.99. The van der Waals surface area contributed by atoms with E-state index in [9.17, 15) is 4.79 Å². The summed E-state index contributed by atoms with van der Waals surface area (Å²) in [4.78, 5) is 12.8. The van der Waals surface area contributed by atoms with Gasteiger partial charge in [-0.25, -0.2) is 4.79 Å². The first kappa shape index (κ1) is 18.3. The summed E-state index contributed by atoms with van der Waals surface area (Å²) >= 11 is 0. The lowest BCUT2D eigenvalue weighted by Gasteiger charge is -2.15. The van der Waals surface area contributed by atoms with Crippen molar-refractivity contribution in [2.45, 2.75) is 52.4 Å². The SMILES string of the molecule is CCCCc1cc2c(c(C(=O)OCC)c1C#Cc1ccccc1)CCC2. The van der Waals surface area contributed by atoms with Crippen LogP contribution in [0.5, 0.6) is 0 Å². The molecular formula is C24H26O2. The van der Waals surface area contributed by atoms with Gasteiger partial charge in [-0.2, -0.15) is 0 Å². The van der Waals surface area contributed by atoms with Crippen LogP contribution in [-0.2, 0) is 24.0 Å². The lowest BCUT2D eigenvalue weighted by molar-refractivity contribution is 0.0524. The van der Waals surface area contributed by atoms with Crippen LogP contribution in [0.15, 0.2) is 36.4 Å². The van der Waals surface area contributed by atoms with Crippen molar-refractivity contribution in [2.24, 2.45) is 0 Å². The Kier molecular flexibility index (Phi) is 6.12. The molecule has 0 amide bonds. The van der Waals surface area contributed by atoms with Crippen molar-refractivity contribution >= 4 is 5.97 Å². The van der Waals surface area contributed by atoms with E-state index in [0.717, 1.165) is 60.8 Å². The van der Waals surface area contributed by atoms with E-state index in [2.05, 4.69) is 24.8 Å². The van der Waals surface area contributed by atoms with Crippen molar-refractivity contribution in [2.75, 3.05) is 6.61 Å². The molecule has 2 aromatic rings. The molecule has 0 saturated carbocycles. The highest BCUT2D eigenvalue weighted by Crippen LogP contribution is 2.32. The largest absolute Gasteiger partial charge is 0.462 e. The normalized spacial score (nSPS) is 12.2. The standard InChI is InChI=1S/C24H26O2/c1-3-5-12-19-17-20-13-9-14-21(20)23(24(25)26-4-2)22(19)16-15-18-10-7-6-8-11-18/h6-8,10-11,17H,3-5,9,12-14H2,1-2H3. The topological polar surface area (TPSA) is 26.3 Å². The predicted molar refractivity (Wildman–Crippen MR) is 105 cm³/mol. The Morgan fingerprint density at radius 3 is 2.65 bits per heavy atom. The summed E-state index contributed by atoms with van der Waals surface area (Å²) in [5.41, 5.74) is 6.21. The average Bonchev–Trinajstić information content (AvgIpc) is 3.12. The van der Waals surface area contributed by atoms with Crippen molar-refractivity contribution in [3.05, 3.63) is 69.8 Å². The first-order chi connectivity index (χ1) is 12.7. The van der Waals surface area contributed by atoms with E-state index >= 15 is 0 Å². The quantitative estimate of drug-likeness (QED) is 0.556. The van der Waals surface area contributed by atoms with Gasteiger partial charge < -0.3 is 4.74 Å². The number of carbonyl (C=O) groups is 1. The number of esters is 1. The Morgan fingerprint density at radius 2 is 1.92 bits per heavy atom. The molecule has 2 nitrogen and oxygen atoms in total. The number of hydrogen-bond donors (Lipinski definition) is 0. The van der Waals surface area contributed by atoms with E-state index in [0.29, 0.717) is 6.61 Å². The molecule has 0 heterocycles. The lowest BCUT2D eigenvalue weighted by Crippen LogP contribution is -2.13. The first-order valence-electron chi connectivity index (χ1n) is 9.66. The molecule has 2 heteroatoms. The molecule has 0 bridgehead atoms. The molecule has 1 aliphatic rings. The smallest absolute Gasteiger partial charge is 0.339 e. The number of rotatable bonds is 5. The van der Waals surface area contributed by atoms with Gasteiger partial charge in [0.05, 0.1) is 12.2 Å². The van der Waals surface area contributed by atoms with Crippen molar-refractivity contribution < 1.29 is 9.53 Å². The molecule has 0 aromatic heterocycles. The fourth-order valence-corrected chi connectivity index (χ4v) is 3.60. The van der Waals surface area contributed by atoms with Gasteiger partial charge in [0.25, 0.3) is 0 Å². The third-order valence-corrected chi connectivity index (χ3v) is 4.87. The first-order valence-corrected chi connectivity index (χ1v) is 9.66. The summed E-state index contributed by atoms with van der Waals surface area (Å²) in [6.45, 7) is 4.43. The summed E-state index contributed by atoms with van der Waals surface area (Å²) in [7, 11) is 0. The molecule has 134 valence electrons. The van der Waals surface area contributed by atoms with Gasteiger partial charge in [-0.1, -0.05) is 49.5 Å². The molecule has 0 fully saturated rings. The minimum Gasteiger partial charge on any atom is -0.462 e. The van der Waals surface area contributed by atoms with Gasteiger partial charge >= 0.3 is 5.97 Å². The summed E-state index contributed by atoms with van der Waals surface area (Å²) < 4.78 is 5.40. The molecule has 0 atom stereocenters. The molecule has 0 N–H and O–H groups in total. The number of carbonyl (C=O) groups excluding carboxylic acids is 1. The second-order valence-electron chi connectivity index (χ2n) is 6.72. The number of ether oxygens (including phenoxy) is 1. The fourth-order valence-electron chi connectivity index (χ4n) is 3.60. The summed E-state index contributed by atoms with van der Waals surface area (Å²) in [5, 5.41) is 0. The van der Waals surface area contributed by atoms with Gasteiger partial charge in [-0.3, -0.25) is 0 Å². The van der Waals surface area contributed by atoms with Crippen molar-refractivity contribution in [3.63, 3.8) is 0 Å². The highest BCUT2D eigenvalue weighted by molar-refractivity contribution is 5.95. The molecule has 26 heavy (non-hydrogen) atoms. The summed E-state index contributed by atoms with van der Waals surface area (Å²) in [5.74, 6) is 6.35. The van der Waals surface area contributed by atoms with Gasteiger partial charge in [0.2, 0.25) is 0 Å². The maximum atomic E-state index is 12.8. The Balaban J connectivity index is 2.14. The minimum absolute atomic E-state index is 0.221. The summed E-state index contributed by atoms with van der Waals surface area (Å²) in [6, 6.07) is 12.2. The lowest BCUT2D eigenvalue weighted by atomic mass is 9.90. The van der Waals surface area contributed by atoms with Gasteiger partial charge in [0.1, 0.15) is 0 Å². The van der Waals surface area contributed by atoms with Gasteiger partial charge in [0.15, 0.2) is 0 Å². The van der Waals surface area contributed by atoms with Crippen LogP contribution >= 0.6 is 0 Å². The second kappa shape index (κ2) is 8.72. The van der Waals surface area contributed by atoms with Crippen LogP contribution in [0.2, 0.25) is 0 Å². The number of aryl methyl sites for hydroxylation is 2. The molecule has 0 radical (unpaired) electrons. The predicted octanol–water partition coefficient (Wildman–Crippen LogP) is 5.09. The van der Waals surface area contributed by atoms with Crippen molar-refractivity contribution in [1.29, 1.82) is 0 Å². The van der Waals surface area contributed by atoms with Crippen molar-refractivity contribution in [3.8, 4) is 11.8 Å². The van der Waals surface area contributed by atoms with Crippen LogP contribution in [0.4, 0.5) is 0 Å². The van der Waals surface area contributed by atoms with E-state index in [1.165, 1.54) is 11.1 Å². The van der Waals surface area contributed by atoms with Crippen LogP contribution in [-0.4, -0.2) is 12.6 Å². The Bertz CT molecular complexity index is 838. The molecule has 1 aliphatic carbocycles. The number of unbranched alkanes of at least 4 members (excludes halogenated alkanes) is 1. The average molecular weight is 346 g/mol. The Hall–Kier alpha value is -2.53. The maximum Gasteiger partial charge on any atom is 0.339 e. The Labute approximate surface area is 156 Å². The molecule has 2 aromatic carbocycles. The zero-order chi connectivity index (χ0) is 18.4. The molecule has 0 aliphatic heterocycles. The molecular weight excluding hydrogens is 320 g/mol. The molecule has 0 saturated heterocycles. The van der Waals surface area contributed by atoms with Crippen LogP contribution in [0.3, 0.4) is 0 Å². The maximum absolute atomic E-state index is 12.8. The molecule has 0 spiro atoms. The number of hydrogen-bond acceptors (Lipinski definition) is 2. The molecule has 3 rings (SSSR count). The van der Waals surface area contributed by atoms with Crippen LogP contribution in [0.1, 0.15) is 71.3 Å². The van der Waals surface area contributed by atoms with Crippen molar-refractivity contribution in [1.82, 2.24) is 0 Å². The van der Waals surface area contributed by atoms with Crippen LogP contribution in [0, 0.1) is 11.8 Å². The monoisotopic (exact) mass is 346 g/mol. The van der Waals surface area contributed by atoms with E-state index in [4.69, 9.17) is 4.74 Å². The van der Waals surface area contributed by atoms with E-state index < -0.39 is 0 Å². The van der Waals surface area contributed by atoms with E-state index in [-0.39, 0.29) is 5.97 Å². The van der Waals surface area contributed by atoms with Gasteiger partial charge in [-0.15, -0.1) is 0 Å². The highest BCUT2D eigenvalue weighted by Gasteiger charge is 2.25. The number of fused-ring (bicyclic) bond motifs is 1. The summed E-state index contributed by atoms with van der Waals surface area (Å²) in [6.07, 6.45) is 6.27. The highest BCUT2D eigenvalue weighted by atomic mass is 16.5. The van der Waals surface area contributed by atoms with E-state index in [1.54, 1.807) is 0 Å². The minimum atomic E-state index is -0.221. The van der Waals surface area contributed by atoms with E-state index in [1.807, 2.05) is 37.3 Å². The van der Waals surface area contributed by atoms with Crippen LogP contribution < -0.4 is 0 Å². The van der Waals surface area contributed by atoms with Gasteiger partial charge in [-0.05, 0) is 67.9 Å².